The zero-order valence-corrected chi connectivity index (χ0v) is 26.1. The van der Waals surface area contributed by atoms with Crippen LogP contribution in [0.3, 0.4) is 0 Å². The fourth-order valence-corrected chi connectivity index (χ4v) is 6.27. The Morgan fingerprint density at radius 3 is 2.40 bits per heavy atom. The number of halogens is 5. The smallest absolute Gasteiger partial charge is 0.321 e. The summed E-state index contributed by atoms with van der Waals surface area (Å²) in [6.07, 6.45) is 2.66. The fourth-order valence-electron chi connectivity index (χ4n) is 5.87. The number of benzene rings is 3. The molecule has 3 aromatic carbocycles. The summed E-state index contributed by atoms with van der Waals surface area (Å²) >= 11 is 11.8. The number of anilines is 1. The average Bonchev–Trinajstić information content (AvgIpc) is 3.03. The van der Waals surface area contributed by atoms with Gasteiger partial charge < -0.3 is 10.2 Å². The predicted octanol–water partition coefficient (Wildman–Crippen LogP) is 7.48. The molecule has 5 rings (SSSR count). The van der Waals surface area contributed by atoms with E-state index in [4.69, 9.17) is 23.2 Å². The number of piperidine rings is 2. The standard InChI is InChI=1S/C33H34Cl2F3N5O2/c34-25-8-10-30(27(19-25)32(45)41-39-20-22-7-9-29(35)28(18-22)33(36,37)38)40-31(44)24-6-4-5-23(17-24)21-42-15-11-26(12-16-42)43-13-2-1-3-14-43/h4-10,17-20,26H,1-3,11-16,21H2,(H,40,44)(H,41,45). The Morgan fingerprint density at radius 1 is 0.911 bits per heavy atom. The van der Waals surface area contributed by atoms with Crippen molar-refractivity contribution in [3.8, 4) is 0 Å². The lowest BCUT2D eigenvalue weighted by Crippen LogP contribution is -2.46. The highest BCUT2D eigenvalue weighted by Crippen LogP contribution is 2.35. The number of hydrazone groups is 1. The largest absolute Gasteiger partial charge is 0.417 e. The van der Waals surface area contributed by atoms with Crippen LogP contribution in [0.2, 0.25) is 10.0 Å². The van der Waals surface area contributed by atoms with Crippen molar-refractivity contribution in [3.63, 3.8) is 0 Å². The van der Waals surface area contributed by atoms with Crippen molar-refractivity contribution in [2.45, 2.75) is 50.9 Å². The maximum Gasteiger partial charge on any atom is 0.417 e. The summed E-state index contributed by atoms with van der Waals surface area (Å²) in [5, 5.41) is 6.36. The molecule has 2 saturated heterocycles. The molecule has 2 fully saturated rings. The highest BCUT2D eigenvalue weighted by atomic mass is 35.5. The molecule has 7 nitrogen and oxygen atoms in total. The van der Waals surface area contributed by atoms with E-state index in [1.165, 1.54) is 56.6 Å². The van der Waals surface area contributed by atoms with Crippen LogP contribution >= 0.6 is 23.2 Å². The minimum absolute atomic E-state index is 0.0350. The summed E-state index contributed by atoms with van der Waals surface area (Å²) < 4.78 is 39.5. The predicted molar refractivity (Wildman–Crippen MR) is 171 cm³/mol. The Balaban J connectivity index is 1.20. The lowest BCUT2D eigenvalue weighted by Gasteiger charge is -2.40. The molecule has 0 atom stereocenters. The number of carbonyl (C=O) groups excluding carboxylic acids is 2. The van der Waals surface area contributed by atoms with Gasteiger partial charge in [0.25, 0.3) is 11.8 Å². The Labute approximate surface area is 270 Å². The summed E-state index contributed by atoms with van der Waals surface area (Å²) in [6, 6.07) is 15.8. The monoisotopic (exact) mass is 659 g/mol. The van der Waals surface area contributed by atoms with Crippen LogP contribution in [0, 0.1) is 0 Å². The van der Waals surface area contributed by atoms with E-state index in [1.807, 2.05) is 18.2 Å². The molecule has 0 spiro atoms. The van der Waals surface area contributed by atoms with Gasteiger partial charge in [0.1, 0.15) is 0 Å². The molecule has 2 aliphatic heterocycles. The summed E-state index contributed by atoms with van der Waals surface area (Å²) in [6.45, 7) is 5.21. The molecule has 2 N–H and O–H groups in total. The van der Waals surface area contributed by atoms with Crippen molar-refractivity contribution in [3.05, 3.63) is 98.5 Å². The van der Waals surface area contributed by atoms with Gasteiger partial charge in [0.15, 0.2) is 0 Å². The number of nitrogens with zero attached hydrogens (tertiary/aromatic N) is 3. The van der Waals surface area contributed by atoms with Crippen LogP contribution in [-0.2, 0) is 12.7 Å². The molecule has 0 bridgehead atoms. The van der Waals surface area contributed by atoms with E-state index in [0.717, 1.165) is 56.4 Å². The van der Waals surface area contributed by atoms with Crippen LogP contribution in [0.5, 0.6) is 0 Å². The van der Waals surface area contributed by atoms with Gasteiger partial charge in [-0.2, -0.15) is 18.3 Å². The van der Waals surface area contributed by atoms with E-state index in [0.29, 0.717) is 11.6 Å². The normalized spacial score (nSPS) is 17.0. The van der Waals surface area contributed by atoms with E-state index in [-0.39, 0.29) is 21.8 Å². The minimum atomic E-state index is -4.64. The third kappa shape index (κ3) is 8.85. The molecule has 0 saturated carbocycles. The van der Waals surface area contributed by atoms with Crippen LogP contribution in [0.15, 0.2) is 65.8 Å². The van der Waals surface area contributed by atoms with Gasteiger partial charge in [0.05, 0.1) is 28.1 Å². The first-order valence-electron chi connectivity index (χ1n) is 14.9. The summed E-state index contributed by atoms with van der Waals surface area (Å²) in [5.74, 6) is -1.11. The molecule has 238 valence electrons. The molecule has 3 aromatic rings. The number of carbonyl (C=O) groups is 2. The number of amides is 2. The molecule has 2 heterocycles. The first-order chi connectivity index (χ1) is 21.6. The van der Waals surface area contributed by atoms with E-state index in [9.17, 15) is 22.8 Å². The van der Waals surface area contributed by atoms with E-state index < -0.39 is 28.6 Å². The topological polar surface area (TPSA) is 77.0 Å². The van der Waals surface area contributed by atoms with Crippen molar-refractivity contribution in [1.82, 2.24) is 15.2 Å². The zero-order chi connectivity index (χ0) is 32.0. The van der Waals surface area contributed by atoms with Gasteiger partial charge >= 0.3 is 6.18 Å². The summed E-state index contributed by atoms with van der Waals surface area (Å²) in [7, 11) is 0. The molecule has 12 heteroatoms. The van der Waals surface area contributed by atoms with E-state index in [1.54, 1.807) is 6.07 Å². The van der Waals surface area contributed by atoms with Crippen molar-refractivity contribution in [1.29, 1.82) is 0 Å². The van der Waals surface area contributed by atoms with Gasteiger partial charge in [-0.05, 0) is 105 Å². The SMILES string of the molecule is O=C(Nc1ccc(Cl)cc1C(=O)NN=Cc1ccc(Cl)c(C(F)(F)F)c1)c1cccc(CN2CCC(N3CCCCC3)CC2)c1. The Morgan fingerprint density at radius 2 is 1.67 bits per heavy atom. The maximum atomic E-state index is 13.2. The van der Waals surface area contributed by atoms with Gasteiger partial charge in [-0.1, -0.05) is 47.8 Å². The van der Waals surface area contributed by atoms with E-state index in [2.05, 4.69) is 25.6 Å². The minimum Gasteiger partial charge on any atom is -0.321 e. The zero-order valence-electron chi connectivity index (χ0n) is 24.5. The Hall–Kier alpha value is -3.44. The molecular weight excluding hydrogens is 626 g/mol. The first-order valence-corrected chi connectivity index (χ1v) is 15.7. The second-order valence-electron chi connectivity index (χ2n) is 11.4. The second kappa shape index (κ2) is 14.8. The number of nitrogens with one attached hydrogen (secondary N) is 2. The molecule has 0 unspecified atom stereocenters. The van der Waals surface area contributed by atoms with Crippen LogP contribution in [0.4, 0.5) is 18.9 Å². The molecule has 0 radical (unpaired) electrons. The van der Waals surface area contributed by atoms with Gasteiger partial charge in [0.2, 0.25) is 0 Å². The number of alkyl halides is 3. The number of hydrogen-bond acceptors (Lipinski definition) is 5. The van der Waals surface area contributed by atoms with Gasteiger partial charge in [-0.25, -0.2) is 5.43 Å². The third-order valence-electron chi connectivity index (χ3n) is 8.21. The van der Waals surface area contributed by atoms with Crippen molar-refractivity contribution < 1.29 is 22.8 Å². The fraction of sp³-hybridized carbons (Fsp3) is 0.364. The molecule has 2 aliphatic rings. The number of likely N-dealkylation sites (tertiary alicyclic amines) is 2. The van der Waals surface area contributed by atoms with Crippen molar-refractivity contribution >= 4 is 46.9 Å². The summed E-state index contributed by atoms with van der Waals surface area (Å²) in [5.41, 5.74) is 3.05. The van der Waals surface area contributed by atoms with Crippen molar-refractivity contribution in [2.24, 2.45) is 5.10 Å². The van der Waals surface area contributed by atoms with Gasteiger partial charge in [-0.3, -0.25) is 14.5 Å². The number of rotatable bonds is 8. The van der Waals surface area contributed by atoms with Crippen LogP contribution in [0.1, 0.15) is 69.5 Å². The summed E-state index contributed by atoms with van der Waals surface area (Å²) in [4.78, 5) is 31.3. The highest BCUT2D eigenvalue weighted by Gasteiger charge is 2.33. The molecule has 0 aliphatic carbocycles. The Bertz CT molecular complexity index is 1550. The molecule has 2 amide bonds. The van der Waals surface area contributed by atoms with E-state index >= 15 is 0 Å². The highest BCUT2D eigenvalue weighted by molar-refractivity contribution is 6.31. The number of hydrogen-bond donors (Lipinski definition) is 2. The third-order valence-corrected chi connectivity index (χ3v) is 8.77. The van der Waals surface area contributed by atoms with Crippen LogP contribution < -0.4 is 10.7 Å². The van der Waals surface area contributed by atoms with Gasteiger partial charge in [-0.15, -0.1) is 0 Å². The molecule has 0 aromatic heterocycles. The maximum absolute atomic E-state index is 13.2. The first kappa shape index (κ1) is 32.9. The average molecular weight is 661 g/mol. The second-order valence-corrected chi connectivity index (χ2v) is 12.2. The lowest BCUT2D eigenvalue weighted by molar-refractivity contribution is -0.137. The lowest BCUT2D eigenvalue weighted by atomic mass is 9.99. The van der Waals surface area contributed by atoms with Crippen molar-refractivity contribution in [2.75, 3.05) is 31.5 Å². The molecular formula is C33H34Cl2F3N5O2. The van der Waals surface area contributed by atoms with Crippen LogP contribution in [0.25, 0.3) is 0 Å². The van der Waals surface area contributed by atoms with Gasteiger partial charge in [0, 0.05) is 23.2 Å². The quantitative estimate of drug-likeness (QED) is 0.194. The van der Waals surface area contributed by atoms with Crippen LogP contribution in [-0.4, -0.2) is 60.0 Å². The Kier molecular flexibility index (Phi) is 10.8. The molecule has 45 heavy (non-hydrogen) atoms.